The van der Waals surface area contributed by atoms with E-state index in [9.17, 15) is 28.8 Å². The molecule has 4 heterocycles. The summed E-state index contributed by atoms with van der Waals surface area (Å²) < 4.78 is 29.4. The van der Waals surface area contributed by atoms with Crippen molar-refractivity contribution in [3.63, 3.8) is 0 Å². The minimum absolute atomic E-state index is 0.0365. The largest absolute Gasteiger partial charge is 0.463 e. The maximum absolute atomic E-state index is 13.0. The molecule has 1 saturated heterocycles. The number of halogens is 1. The van der Waals surface area contributed by atoms with E-state index in [0.29, 0.717) is 10.9 Å². The predicted molar refractivity (Wildman–Crippen MR) is 141 cm³/mol. The van der Waals surface area contributed by atoms with Crippen LogP contribution in [0, 0.1) is 0 Å². The second-order valence-corrected chi connectivity index (χ2v) is 10.1. The molecule has 15 heteroatoms. The lowest BCUT2D eigenvalue weighted by Crippen LogP contribution is -2.60. The van der Waals surface area contributed by atoms with Crippen molar-refractivity contribution >= 4 is 68.2 Å². The molecule has 41 heavy (non-hydrogen) atoms. The highest BCUT2D eigenvalue weighted by Gasteiger charge is 2.53. The summed E-state index contributed by atoms with van der Waals surface area (Å²) in [4.78, 5) is 79.0. The molecule has 0 saturated carbocycles. The molecule has 2 aromatic heterocycles. The third kappa shape index (κ3) is 5.86. The quantitative estimate of drug-likeness (QED) is 0.244. The number of ether oxygens (including phenoxy) is 5. The minimum Gasteiger partial charge on any atom is -0.463 e. The van der Waals surface area contributed by atoms with Crippen LogP contribution in [0.15, 0.2) is 29.0 Å². The van der Waals surface area contributed by atoms with Gasteiger partial charge in [0.15, 0.2) is 24.5 Å². The molecule has 14 nitrogen and oxygen atoms in total. The van der Waals surface area contributed by atoms with Crippen molar-refractivity contribution in [3.8, 4) is 0 Å². The zero-order chi connectivity index (χ0) is 30.2. The van der Waals surface area contributed by atoms with Crippen LogP contribution in [0.2, 0.25) is 0 Å². The van der Waals surface area contributed by atoms with Gasteiger partial charge in [-0.2, -0.15) is 0 Å². The lowest BCUT2D eigenvalue weighted by molar-refractivity contribution is -0.267. The normalized spacial score (nSPS) is 24.4. The van der Waals surface area contributed by atoms with Crippen molar-refractivity contribution in [3.05, 3.63) is 34.6 Å². The van der Waals surface area contributed by atoms with Crippen LogP contribution in [0.1, 0.15) is 39.5 Å². The van der Waals surface area contributed by atoms with Gasteiger partial charge >= 0.3 is 23.9 Å². The van der Waals surface area contributed by atoms with Crippen LogP contribution in [0.25, 0.3) is 16.6 Å². The first-order chi connectivity index (χ1) is 19.3. The Morgan fingerprint density at radius 1 is 0.927 bits per heavy atom. The summed E-state index contributed by atoms with van der Waals surface area (Å²) in [5, 5.41) is 0.448. The monoisotopic (exact) mass is 635 g/mol. The van der Waals surface area contributed by atoms with Gasteiger partial charge in [0.05, 0.1) is 10.1 Å². The highest BCUT2D eigenvalue weighted by Crippen LogP contribution is 2.41. The fourth-order valence-corrected chi connectivity index (χ4v) is 5.40. The number of likely N-dealkylation sites (N-methyl/N-ethyl adjacent to an activating group) is 1. The summed E-state index contributed by atoms with van der Waals surface area (Å²) in [6, 6.07) is 3.30. The van der Waals surface area contributed by atoms with Gasteiger partial charge < -0.3 is 28.3 Å². The lowest BCUT2D eigenvalue weighted by Gasteiger charge is -2.44. The van der Waals surface area contributed by atoms with Crippen molar-refractivity contribution in [2.24, 2.45) is 0 Å². The van der Waals surface area contributed by atoms with E-state index in [1.54, 1.807) is 12.1 Å². The summed E-state index contributed by atoms with van der Waals surface area (Å²) >= 11 is 3.22. The number of amides is 2. The molecule has 0 bridgehead atoms. The molecule has 0 unspecified atom stereocenters. The first kappa shape index (κ1) is 29.9. The molecule has 2 aliphatic heterocycles. The summed E-state index contributed by atoms with van der Waals surface area (Å²) in [7, 11) is 1.34. The van der Waals surface area contributed by atoms with Gasteiger partial charge in [-0.3, -0.25) is 33.7 Å². The average molecular weight is 636 g/mol. The molecule has 0 aromatic carbocycles. The Morgan fingerprint density at radius 3 is 2.10 bits per heavy atom. The Kier molecular flexibility index (Phi) is 8.58. The fourth-order valence-electron chi connectivity index (χ4n) is 4.75. The number of esters is 4. The Morgan fingerprint density at radius 2 is 1.54 bits per heavy atom. The summed E-state index contributed by atoms with van der Waals surface area (Å²) in [5.74, 6) is -4.06. The van der Waals surface area contributed by atoms with Crippen molar-refractivity contribution in [1.82, 2.24) is 14.5 Å². The number of carbonyl (C=O) groups excluding carboxylic acids is 6. The Bertz CT molecular complexity index is 1480. The smallest absolute Gasteiger partial charge is 0.303 e. The number of imide groups is 1. The summed E-state index contributed by atoms with van der Waals surface area (Å²) in [5.41, 5.74) is 0.640. The fraction of sp³-hybridized carbons (Fsp3) is 0.423. The molecular formula is C26H26BrN3O11. The van der Waals surface area contributed by atoms with E-state index in [-0.39, 0.29) is 15.7 Å². The maximum Gasteiger partial charge on any atom is 0.303 e. The first-order valence-electron chi connectivity index (χ1n) is 12.3. The van der Waals surface area contributed by atoms with Gasteiger partial charge in [-0.1, -0.05) is 0 Å². The number of pyridine rings is 1. The van der Waals surface area contributed by atoms with E-state index >= 15 is 0 Å². The molecule has 0 radical (unpaired) electrons. The third-order valence-corrected chi connectivity index (χ3v) is 7.07. The molecule has 2 aliphatic rings. The van der Waals surface area contributed by atoms with E-state index in [2.05, 4.69) is 20.9 Å². The number of fused-ring (bicyclic) bond motifs is 1. The van der Waals surface area contributed by atoms with Crippen LogP contribution in [-0.4, -0.2) is 88.2 Å². The van der Waals surface area contributed by atoms with Gasteiger partial charge in [0, 0.05) is 58.1 Å². The number of carbonyl (C=O) groups is 6. The number of aromatic nitrogens is 2. The molecule has 0 N–H and O–H groups in total. The molecule has 0 spiro atoms. The van der Waals surface area contributed by atoms with E-state index < -0.39 is 72.9 Å². The zero-order valence-corrected chi connectivity index (χ0v) is 24.2. The molecule has 218 valence electrons. The molecule has 0 aliphatic carbocycles. The molecule has 2 aromatic rings. The van der Waals surface area contributed by atoms with E-state index in [0.717, 1.165) is 25.7 Å². The Balaban J connectivity index is 1.93. The molecule has 1 fully saturated rings. The van der Waals surface area contributed by atoms with Gasteiger partial charge in [0.1, 0.15) is 18.4 Å². The molecular weight excluding hydrogens is 610 g/mol. The summed E-state index contributed by atoms with van der Waals surface area (Å²) in [6.45, 7) is 4.13. The van der Waals surface area contributed by atoms with Gasteiger partial charge in [0.2, 0.25) is 0 Å². The minimum atomic E-state index is -1.41. The number of hydrogen-bond acceptors (Lipinski definition) is 12. The highest BCUT2D eigenvalue weighted by atomic mass is 79.9. The topological polar surface area (TPSA) is 170 Å². The molecule has 4 rings (SSSR count). The van der Waals surface area contributed by atoms with Crippen LogP contribution in [0.5, 0.6) is 0 Å². The van der Waals surface area contributed by atoms with Crippen molar-refractivity contribution in [2.75, 3.05) is 13.7 Å². The lowest BCUT2D eigenvalue weighted by atomic mass is 9.97. The van der Waals surface area contributed by atoms with Crippen LogP contribution < -0.4 is 0 Å². The van der Waals surface area contributed by atoms with Gasteiger partial charge in [-0.25, -0.2) is 4.98 Å². The predicted octanol–water partition coefficient (Wildman–Crippen LogP) is 1.40. The third-order valence-electron chi connectivity index (χ3n) is 6.33. The van der Waals surface area contributed by atoms with Crippen molar-refractivity contribution in [1.29, 1.82) is 0 Å². The van der Waals surface area contributed by atoms with E-state index in [1.807, 2.05) is 0 Å². The maximum atomic E-state index is 13.0. The van der Waals surface area contributed by atoms with Crippen LogP contribution >= 0.6 is 15.9 Å². The van der Waals surface area contributed by atoms with Crippen LogP contribution in [0.4, 0.5) is 0 Å². The number of rotatable bonds is 7. The molecule has 5 atom stereocenters. The highest BCUT2D eigenvalue weighted by molar-refractivity contribution is 9.12. The average Bonchev–Trinajstić information content (AvgIpc) is 3.35. The standard InChI is InChI=1S/C26H26BrN3O11/c1-11(31)37-10-17-20(38-12(2)32)21(39-13(3)33)22(40-14(4)34)26(41-17)30-9-16(15-7-6-8-28-23(15)30)18-19(27)25(36)29(5)24(18)35/h6-9,17,20-22,26H,10H2,1-5H3/t17-,20-,21+,22-,26-/m1/s1. The van der Waals surface area contributed by atoms with Crippen LogP contribution in [0.3, 0.4) is 0 Å². The SMILES string of the molecule is CC(=O)OC[C@H]1O[C@@H](n2cc(C3=C(Br)C(=O)N(C)C3=O)c3cccnc32)[C@H](OC(C)=O)[C@@H](OC(C)=O)[C@@H]1OC(C)=O. The molecule has 2 amide bonds. The van der Waals surface area contributed by atoms with Gasteiger partial charge in [0.25, 0.3) is 11.8 Å². The second-order valence-electron chi connectivity index (χ2n) is 9.27. The number of hydrogen-bond donors (Lipinski definition) is 0. The summed E-state index contributed by atoms with van der Waals surface area (Å²) in [6.07, 6.45) is -3.68. The van der Waals surface area contributed by atoms with E-state index in [4.69, 9.17) is 23.7 Å². The second kappa shape index (κ2) is 11.8. The Labute approximate surface area is 241 Å². The van der Waals surface area contributed by atoms with Gasteiger partial charge in [-0.15, -0.1) is 0 Å². The van der Waals surface area contributed by atoms with Crippen molar-refractivity contribution < 1.29 is 52.5 Å². The van der Waals surface area contributed by atoms with E-state index in [1.165, 1.54) is 30.9 Å². The van der Waals surface area contributed by atoms with Gasteiger partial charge in [-0.05, 0) is 28.1 Å². The Hall–Kier alpha value is -4.11. The first-order valence-corrected chi connectivity index (χ1v) is 13.1. The zero-order valence-electron chi connectivity index (χ0n) is 22.6. The number of nitrogens with zero attached hydrogens (tertiary/aromatic N) is 3. The van der Waals surface area contributed by atoms with Crippen LogP contribution in [-0.2, 0) is 52.5 Å². The van der Waals surface area contributed by atoms with Crippen molar-refractivity contribution in [2.45, 2.75) is 58.3 Å².